The normalized spacial score (nSPS) is 10.2. The Kier molecular flexibility index (Phi) is 4.26. The van der Waals surface area contributed by atoms with Gasteiger partial charge in [0.2, 0.25) is 0 Å². The molecule has 3 heteroatoms. The van der Waals surface area contributed by atoms with Gasteiger partial charge >= 0.3 is 0 Å². The Labute approximate surface area is 116 Å². The predicted molar refractivity (Wildman–Crippen MR) is 76.2 cm³/mol. The average Bonchev–Trinajstić information content (AvgIpc) is 2.39. The maximum atomic E-state index is 5.79. The molecule has 0 spiro atoms. The van der Waals surface area contributed by atoms with Crippen LogP contribution in [0.1, 0.15) is 11.1 Å². The van der Waals surface area contributed by atoms with Crippen molar-refractivity contribution in [1.82, 2.24) is 0 Å². The van der Waals surface area contributed by atoms with Gasteiger partial charge in [-0.1, -0.05) is 24.3 Å². The van der Waals surface area contributed by atoms with Crippen molar-refractivity contribution in [3.63, 3.8) is 0 Å². The summed E-state index contributed by atoms with van der Waals surface area (Å²) in [5, 5.41) is 0. The number of para-hydroxylation sites is 1. The lowest BCUT2D eigenvalue weighted by Crippen LogP contribution is -1.97. The van der Waals surface area contributed by atoms with Gasteiger partial charge in [0.25, 0.3) is 0 Å². The largest absolute Gasteiger partial charge is 0.496 e. The van der Waals surface area contributed by atoms with E-state index in [2.05, 4.69) is 15.9 Å². The summed E-state index contributed by atoms with van der Waals surface area (Å²) in [6.07, 6.45) is 0. The first-order chi connectivity index (χ1) is 8.70. The molecule has 2 rings (SSSR count). The molecule has 0 bridgehead atoms. The van der Waals surface area contributed by atoms with Gasteiger partial charge in [-0.15, -0.1) is 0 Å². The second-order valence-corrected chi connectivity index (χ2v) is 4.88. The van der Waals surface area contributed by atoms with Crippen LogP contribution in [0.3, 0.4) is 0 Å². The second kappa shape index (κ2) is 5.91. The van der Waals surface area contributed by atoms with Crippen LogP contribution in [0.25, 0.3) is 0 Å². The van der Waals surface area contributed by atoms with Crippen LogP contribution >= 0.6 is 15.9 Å². The molecular weight excluding hydrogens is 292 g/mol. The fraction of sp³-hybridized carbons (Fsp3) is 0.200. The van der Waals surface area contributed by atoms with E-state index in [9.17, 15) is 0 Å². The van der Waals surface area contributed by atoms with Gasteiger partial charge in [-0.05, 0) is 52.2 Å². The molecule has 94 valence electrons. The maximum absolute atomic E-state index is 5.79. The summed E-state index contributed by atoms with van der Waals surface area (Å²) in [5.74, 6) is 1.74. The lowest BCUT2D eigenvalue weighted by Gasteiger charge is -2.10. The molecule has 2 aromatic carbocycles. The van der Waals surface area contributed by atoms with Gasteiger partial charge in [0.05, 0.1) is 11.6 Å². The highest BCUT2D eigenvalue weighted by Crippen LogP contribution is 2.26. The Balaban J connectivity index is 2.09. The summed E-state index contributed by atoms with van der Waals surface area (Å²) in [7, 11) is 1.66. The summed E-state index contributed by atoms with van der Waals surface area (Å²) in [6, 6.07) is 14.0. The van der Waals surface area contributed by atoms with E-state index in [0.29, 0.717) is 6.61 Å². The van der Waals surface area contributed by atoms with E-state index in [1.165, 1.54) is 0 Å². The molecule has 0 aliphatic rings. The van der Waals surface area contributed by atoms with Crippen molar-refractivity contribution < 1.29 is 9.47 Å². The van der Waals surface area contributed by atoms with Gasteiger partial charge in [0.15, 0.2) is 0 Å². The standard InChI is InChI=1S/C15H15BrO2/c1-11-5-3-4-6-14(11)18-10-12-7-8-13(16)15(9-12)17-2/h3-9H,10H2,1-2H3. The highest BCUT2D eigenvalue weighted by atomic mass is 79.9. The van der Waals surface area contributed by atoms with Gasteiger partial charge in [0, 0.05) is 0 Å². The van der Waals surface area contributed by atoms with Crippen molar-refractivity contribution in [3.05, 3.63) is 58.1 Å². The van der Waals surface area contributed by atoms with Crippen LogP contribution in [0, 0.1) is 6.92 Å². The molecule has 0 atom stereocenters. The molecule has 0 N–H and O–H groups in total. The van der Waals surface area contributed by atoms with E-state index >= 15 is 0 Å². The number of methoxy groups -OCH3 is 1. The molecule has 0 aliphatic heterocycles. The molecule has 18 heavy (non-hydrogen) atoms. The molecule has 0 saturated heterocycles. The summed E-state index contributed by atoms with van der Waals surface area (Å²) in [4.78, 5) is 0. The van der Waals surface area contributed by atoms with Crippen LogP contribution in [0.4, 0.5) is 0 Å². The highest BCUT2D eigenvalue weighted by molar-refractivity contribution is 9.10. The Morgan fingerprint density at radius 3 is 2.56 bits per heavy atom. The second-order valence-electron chi connectivity index (χ2n) is 4.02. The third-order valence-corrected chi connectivity index (χ3v) is 3.36. The average molecular weight is 307 g/mol. The minimum atomic E-state index is 0.536. The lowest BCUT2D eigenvalue weighted by molar-refractivity contribution is 0.303. The van der Waals surface area contributed by atoms with Crippen LogP contribution in [0.5, 0.6) is 11.5 Å². The molecule has 0 unspecified atom stereocenters. The Morgan fingerprint density at radius 2 is 1.83 bits per heavy atom. The summed E-state index contributed by atoms with van der Waals surface area (Å²) < 4.78 is 12.0. The summed E-state index contributed by atoms with van der Waals surface area (Å²) in [6.45, 7) is 2.58. The predicted octanol–water partition coefficient (Wildman–Crippen LogP) is 4.35. The number of hydrogen-bond donors (Lipinski definition) is 0. The first-order valence-corrected chi connectivity index (χ1v) is 6.51. The maximum Gasteiger partial charge on any atom is 0.133 e. The van der Waals surface area contributed by atoms with Crippen LogP contribution in [-0.2, 0) is 6.61 Å². The number of aryl methyl sites for hydroxylation is 1. The van der Waals surface area contributed by atoms with E-state index in [0.717, 1.165) is 27.1 Å². The summed E-state index contributed by atoms with van der Waals surface area (Å²) in [5.41, 5.74) is 2.22. The number of halogens is 1. The Bertz CT molecular complexity index is 538. The number of hydrogen-bond acceptors (Lipinski definition) is 2. The molecule has 0 aliphatic carbocycles. The third-order valence-electron chi connectivity index (χ3n) is 2.70. The van der Waals surface area contributed by atoms with Crippen LogP contribution < -0.4 is 9.47 Å². The Morgan fingerprint density at radius 1 is 1.06 bits per heavy atom. The molecule has 0 amide bonds. The van der Waals surface area contributed by atoms with E-state index in [4.69, 9.17) is 9.47 Å². The molecule has 0 saturated carbocycles. The van der Waals surface area contributed by atoms with Crippen molar-refractivity contribution >= 4 is 15.9 Å². The van der Waals surface area contributed by atoms with E-state index in [1.807, 2.05) is 49.4 Å². The van der Waals surface area contributed by atoms with E-state index in [-0.39, 0.29) is 0 Å². The zero-order valence-electron chi connectivity index (χ0n) is 10.4. The van der Waals surface area contributed by atoms with E-state index in [1.54, 1.807) is 7.11 Å². The molecule has 0 radical (unpaired) electrons. The quantitative estimate of drug-likeness (QED) is 0.836. The lowest BCUT2D eigenvalue weighted by atomic mass is 10.2. The van der Waals surface area contributed by atoms with Crippen molar-refractivity contribution in [3.8, 4) is 11.5 Å². The Hall–Kier alpha value is -1.48. The van der Waals surface area contributed by atoms with Crippen molar-refractivity contribution in [2.75, 3.05) is 7.11 Å². The number of ether oxygens (including phenoxy) is 2. The van der Waals surface area contributed by atoms with Gasteiger partial charge < -0.3 is 9.47 Å². The third kappa shape index (κ3) is 3.05. The molecular formula is C15H15BrO2. The van der Waals surface area contributed by atoms with Crippen molar-refractivity contribution in [2.45, 2.75) is 13.5 Å². The molecule has 0 aromatic heterocycles. The van der Waals surface area contributed by atoms with Gasteiger partial charge in [-0.2, -0.15) is 0 Å². The minimum Gasteiger partial charge on any atom is -0.496 e. The monoisotopic (exact) mass is 306 g/mol. The first-order valence-electron chi connectivity index (χ1n) is 5.71. The van der Waals surface area contributed by atoms with Crippen LogP contribution in [0.15, 0.2) is 46.9 Å². The molecule has 2 nitrogen and oxygen atoms in total. The topological polar surface area (TPSA) is 18.5 Å². The van der Waals surface area contributed by atoms with Crippen LogP contribution in [0.2, 0.25) is 0 Å². The zero-order chi connectivity index (χ0) is 13.0. The van der Waals surface area contributed by atoms with E-state index < -0.39 is 0 Å². The van der Waals surface area contributed by atoms with Crippen molar-refractivity contribution in [1.29, 1.82) is 0 Å². The zero-order valence-corrected chi connectivity index (χ0v) is 12.0. The van der Waals surface area contributed by atoms with Gasteiger partial charge in [0.1, 0.15) is 18.1 Å². The SMILES string of the molecule is COc1cc(COc2ccccc2C)ccc1Br. The number of rotatable bonds is 4. The molecule has 0 fully saturated rings. The first kappa shape index (κ1) is 13.0. The fourth-order valence-electron chi connectivity index (χ4n) is 1.67. The molecule has 0 heterocycles. The highest BCUT2D eigenvalue weighted by Gasteiger charge is 2.03. The van der Waals surface area contributed by atoms with Gasteiger partial charge in [-0.3, -0.25) is 0 Å². The van der Waals surface area contributed by atoms with Gasteiger partial charge in [-0.25, -0.2) is 0 Å². The van der Waals surface area contributed by atoms with Crippen molar-refractivity contribution in [2.24, 2.45) is 0 Å². The number of benzene rings is 2. The summed E-state index contributed by atoms with van der Waals surface area (Å²) >= 11 is 3.43. The van der Waals surface area contributed by atoms with Crippen LogP contribution in [-0.4, -0.2) is 7.11 Å². The molecule has 2 aromatic rings. The minimum absolute atomic E-state index is 0.536. The smallest absolute Gasteiger partial charge is 0.133 e. The fourth-order valence-corrected chi connectivity index (χ4v) is 2.08.